The molecule has 0 aliphatic carbocycles. The normalized spacial score (nSPS) is 24.9. The van der Waals surface area contributed by atoms with Crippen LogP contribution in [0.2, 0.25) is 0 Å². The topological polar surface area (TPSA) is 40.3 Å². The van der Waals surface area contributed by atoms with Crippen LogP contribution in [0.4, 0.5) is 0 Å². The van der Waals surface area contributed by atoms with Crippen molar-refractivity contribution in [3.05, 3.63) is 29.8 Å². The Morgan fingerprint density at radius 1 is 1.47 bits per heavy atom. The Kier molecular flexibility index (Phi) is 3.97. The molecule has 0 spiro atoms. The summed E-state index contributed by atoms with van der Waals surface area (Å²) < 4.78 is 12.2. The highest BCUT2D eigenvalue weighted by atomic mass is 32.2. The van der Waals surface area contributed by atoms with Crippen LogP contribution in [0, 0.1) is 5.92 Å². The Morgan fingerprint density at radius 2 is 2.18 bits per heavy atom. The number of aliphatic hydroxyl groups excluding tert-OH is 1. The van der Waals surface area contributed by atoms with Crippen molar-refractivity contribution < 1.29 is 9.32 Å². The fourth-order valence-electron chi connectivity index (χ4n) is 2.05. The monoisotopic (exact) mass is 253 g/mol. The second-order valence-electron chi connectivity index (χ2n) is 4.82. The van der Waals surface area contributed by atoms with E-state index >= 15 is 0 Å². The van der Waals surface area contributed by atoms with Crippen LogP contribution in [0.25, 0.3) is 0 Å². The lowest BCUT2D eigenvalue weighted by atomic mass is 10.1. The third-order valence-corrected chi connectivity index (χ3v) is 4.65. The molecule has 1 aromatic rings. The van der Waals surface area contributed by atoms with Crippen molar-refractivity contribution in [1.29, 1.82) is 0 Å². The fourth-order valence-corrected chi connectivity index (χ4v) is 3.44. The lowest BCUT2D eigenvalue weighted by Crippen LogP contribution is -2.14. The first-order valence-corrected chi connectivity index (χ1v) is 7.26. The molecule has 1 fully saturated rings. The molecule has 0 saturated carbocycles. The zero-order chi connectivity index (χ0) is 12.4. The molecule has 0 aromatic heterocycles. The van der Waals surface area contributed by atoms with Gasteiger partial charge < -0.3 is 5.11 Å². The number of nitrogens with zero attached hydrogens (tertiary/aromatic N) is 1. The van der Waals surface area contributed by atoms with Gasteiger partial charge in [-0.15, -0.1) is 0 Å². The van der Waals surface area contributed by atoms with Gasteiger partial charge in [-0.05, 0) is 17.5 Å². The van der Waals surface area contributed by atoms with E-state index in [2.05, 4.69) is 18.7 Å². The molecule has 1 N–H and O–H groups in total. The van der Waals surface area contributed by atoms with E-state index in [1.807, 2.05) is 24.3 Å². The SMILES string of the molecule is CC(C)[C@@H]1CN1CS(=O)c1ccccc1CO. The van der Waals surface area contributed by atoms with E-state index in [9.17, 15) is 9.32 Å². The van der Waals surface area contributed by atoms with Gasteiger partial charge in [0.1, 0.15) is 0 Å². The van der Waals surface area contributed by atoms with Crippen molar-refractivity contribution in [2.24, 2.45) is 5.92 Å². The van der Waals surface area contributed by atoms with E-state index < -0.39 is 10.8 Å². The van der Waals surface area contributed by atoms with Crippen LogP contribution in [-0.2, 0) is 17.4 Å². The average molecular weight is 253 g/mol. The highest BCUT2D eigenvalue weighted by Crippen LogP contribution is 2.26. The Labute approximate surface area is 105 Å². The molecule has 3 atom stereocenters. The van der Waals surface area contributed by atoms with Gasteiger partial charge in [0.05, 0.1) is 23.3 Å². The molecule has 1 heterocycles. The first-order valence-electron chi connectivity index (χ1n) is 5.94. The van der Waals surface area contributed by atoms with E-state index in [0.29, 0.717) is 17.8 Å². The van der Waals surface area contributed by atoms with Crippen LogP contribution < -0.4 is 0 Å². The van der Waals surface area contributed by atoms with Gasteiger partial charge in [-0.25, -0.2) is 0 Å². The van der Waals surface area contributed by atoms with Crippen molar-refractivity contribution in [3.8, 4) is 0 Å². The van der Waals surface area contributed by atoms with Crippen molar-refractivity contribution in [2.75, 3.05) is 12.4 Å². The molecule has 3 nitrogen and oxygen atoms in total. The third kappa shape index (κ3) is 2.94. The maximum Gasteiger partial charge on any atom is 0.0798 e. The van der Waals surface area contributed by atoms with Gasteiger partial charge in [0.15, 0.2) is 0 Å². The Balaban J connectivity index is 2.01. The second kappa shape index (κ2) is 5.29. The smallest absolute Gasteiger partial charge is 0.0798 e. The molecule has 2 unspecified atom stereocenters. The van der Waals surface area contributed by atoms with Gasteiger partial charge in [0, 0.05) is 17.5 Å². The van der Waals surface area contributed by atoms with Gasteiger partial charge in [-0.3, -0.25) is 9.11 Å². The molecular weight excluding hydrogens is 234 g/mol. The summed E-state index contributed by atoms with van der Waals surface area (Å²) in [6.45, 7) is 5.38. The summed E-state index contributed by atoms with van der Waals surface area (Å²) in [7, 11) is -1.03. The predicted molar refractivity (Wildman–Crippen MR) is 69.0 cm³/mol. The number of hydrogen-bond acceptors (Lipinski definition) is 3. The van der Waals surface area contributed by atoms with Crippen LogP contribution in [0.5, 0.6) is 0 Å². The van der Waals surface area contributed by atoms with E-state index in [1.54, 1.807) is 0 Å². The summed E-state index contributed by atoms with van der Waals surface area (Å²) in [5.41, 5.74) is 0.772. The molecule has 1 saturated heterocycles. The van der Waals surface area contributed by atoms with Crippen molar-refractivity contribution >= 4 is 10.8 Å². The van der Waals surface area contributed by atoms with Gasteiger partial charge in [-0.2, -0.15) is 0 Å². The number of benzene rings is 1. The predicted octanol–water partition coefficient (Wildman–Crippen LogP) is 1.58. The maximum atomic E-state index is 12.2. The highest BCUT2D eigenvalue weighted by molar-refractivity contribution is 7.85. The molecular formula is C13H19NO2S. The van der Waals surface area contributed by atoms with Crippen LogP contribution >= 0.6 is 0 Å². The molecule has 1 aliphatic rings. The van der Waals surface area contributed by atoms with E-state index in [1.165, 1.54) is 0 Å². The largest absolute Gasteiger partial charge is 0.392 e. The summed E-state index contributed by atoms with van der Waals surface area (Å²) in [6.07, 6.45) is 0. The molecule has 1 aromatic carbocycles. The molecule has 94 valence electrons. The average Bonchev–Trinajstić information content (AvgIpc) is 3.08. The number of aliphatic hydroxyl groups is 1. The first-order chi connectivity index (χ1) is 8.13. The Bertz CT molecular complexity index is 420. The first kappa shape index (κ1) is 12.7. The van der Waals surface area contributed by atoms with Crippen LogP contribution in [0.1, 0.15) is 19.4 Å². The summed E-state index contributed by atoms with van der Waals surface area (Å²) in [4.78, 5) is 3.00. The quantitative estimate of drug-likeness (QED) is 0.810. The van der Waals surface area contributed by atoms with Gasteiger partial charge in [-0.1, -0.05) is 32.0 Å². The van der Waals surface area contributed by atoms with Crippen molar-refractivity contribution in [1.82, 2.24) is 4.90 Å². The van der Waals surface area contributed by atoms with Crippen LogP contribution in [-0.4, -0.2) is 32.7 Å². The Morgan fingerprint density at radius 3 is 2.76 bits per heavy atom. The molecule has 4 heteroatoms. The summed E-state index contributed by atoms with van der Waals surface area (Å²) in [5.74, 6) is 1.21. The van der Waals surface area contributed by atoms with Crippen LogP contribution in [0.3, 0.4) is 0 Å². The lowest BCUT2D eigenvalue weighted by Gasteiger charge is -2.09. The lowest BCUT2D eigenvalue weighted by molar-refractivity contribution is 0.278. The fraction of sp³-hybridized carbons (Fsp3) is 0.538. The highest BCUT2D eigenvalue weighted by Gasteiger charge is 2.37. The van der Waals surface area contributed by atoms with E-state index in [-0.39, 0.29) is 6.61 Å². The molecule has 1 aliphatic heterocycles. The minimum atomic E-state index is -1.03. The van der Waals surface area contributed by atoms with Gasteiger partial charge >= 0.3 is 0 Å². The number of rotatable bonds is 5. The van der Waals surface area contributed by atoms with Gasteiger partial charge in [0.2, 0.25) is 0 Å². The summed E-state index contributed by atoms with van der Waals surface area (Å²) >= 11 is 0. The molecule has 17 heavy (non-hydrogen) atoms. The van der Waals surface area contributed by atoms with Gasteiger partial charge in [0.25, 0.3) is 0 Å². The standard InChI is InChI=1S/C13H19NO2S/c1-10(2)12-7-14(12)9-17(16)13-6-4-3-5-11(13)8-15/h3-6,10,12,15H,7-9H2,1-2H3/t12-,14?,17?/m0/s1. The third-order valence-electron chi connectivity index (χ3n) is 3.20. The maximum absolute atomic E-state index is 12.2. The molecule has 2 rings (SSSR count). The summed E-state index contributed by atoms with van der Waals surface area (Å²) in [6, 6.07) is 7.99. The zero-order valence-electron chi connectivity index (χ0n) is 10.3. The van der Waals surface area contributed by atoms with Crippen molar-refractivity contribution in [2.45, 2.75) is 31.4 Å². The van der Waals surface area contributed by atoms with Crippen molar-refractivity contribution in [3.63, 3.8) is 0 Å². The van der Waals surface area contributed by atoms with Crippen LogP contribution in [0.15, 0.2) is 29.2 Å². The molecule has 0 amide bonds. The van der Waals surface area contributed by atoms with E-state index in [0.717, 1.165) is 17.0 Å². The minimum absolute atomic E-state index is 0.0461. The summed E-state index contributed by atoms with van der Waals surface area (Å²) in [5, 5.41) is 9.21. The molecule has 0 radical (unpaired) electrons. The minimum Gasteiger partial charge on any atom is -0.392 e. The second-order valence-corrected chi connectivity index (χ2v) is 6.21. The van der Waals surface area contributed by atoms with E-state index in [4.69, 9.17) is 0 Å². The Hall–Kier alpha value is -0.710. The molecule has 0 bridgehead atoms. The zero-order valence-corrected chi connectivity index (χ0v) is 11.1. The number of hydrogen-bond donors (Lipinski definition) is 1.